The van der Waals surface area contributed by atoms with E-state index < -0.39 is 23.8 Å². The molecule has 1 aromatic carbocycles. The van der Waals surface area contributed by atoms with E-state index in [0.29, 0.717) is 23.7 Å². The molecule has 1 aromatic rings. The van der Waals surface area contributed by atoms with Gasteiger partial charge in [-0.05, 0) is 63.2 Å². The van der Waals surface area contributed by atoms with Gasteiger partial charge in [0.15, 0.2) is 0 Å². The lowest BCUT2D eigenvalue weighted by Gasteiger charge is -2.29. The average molecular weight is 412 g/mol. The van der Waals surface area contributed by atoms with E-state index in [2.05, 4.69) is 16.0 Å². The van der Waals surface area contributed by atoms with Crippen LogP contribution < -0.4 is 16.0 Å². The minimum atomic E-state index is -0.932. The summed E-state index contributed by atoms with van der Waals surface area (Å²) >= 11 is 0. The predicted octanol–water partition coefficient (Wildman–Crippen LogP) is 0.956. The van der Waals surface area contributed by atoms with E-state index in [1.54, 1.807) is 12.1 Å². The van der Waals surface area contributed by atoms with Gasteiger partial charge in [0.1, 0.15) is 6.04 Å². The molecule has 1 unspecified atom stereocenters. The summed E-state index contributed by atoms with van der Waals surface area (Å²) in [7, 11) is 1.98. The summed E-state index contributed by atoms with van der Waals surface area (Å²) in [5.41, 5.74) is 1.49. The molecular weight excluding hydrogens is 384 g/mol. The third kappa shape index (κ3) is 3.89. The Balaban J connectivity index is 1.46. The first-order chi connectivity index (χ1) is 14.5. The highest BCUT2D eigenvalue weighted by Gasteiger charge is 2.45. The quantitative estimate of drug-likeness (QED) is 0.601. The maximum absolute atomic E-state index is 13.1. The molecule has 160 valence electrons. The van der Waals surface area contributed by atoms with E-state index in [1.807, 2.05) is 13.1 Å². The van der Waals surface area contributed by atoms with E-state index in [1.165, 1.54) is 12.8 Å². The smallest absolute Gasteiger partial charge is 0.262 e. The molecule has 1 saturated carbocycles. The number of nitrogens with zero attached hydrogens (tertiary/aromatic N) is 1. The molecule has 30 heavy (non-hydrogen) atoms. The largest absolute Gasteiger partial charge is 0.319 e. The Hall–Kier alpha value is -2.58. The molecule has 2 heterocycles. The molecule has 3 aliphatic rings. The van der Waals surface area contributed by atoms with Crippen LogP contribution in [0.15, 0.2) is 18.2 Å². The zero-order valence-electron chi connectivity index (χ0n) is 17.2. The second kappa shape index (κ2) is 8.65. The second-order valence-electron chi connectivity index (χ2n) is 8.44. The Bertz CT molecular complexity index is 876. The van der Waals surface area contributed by atoms with Crippen molar-refractivity contribution in [3.05, 3.63) is 34.9 Å². The lowest BCUT2D eigenvalue weighted by atomic mass is 9.86. The summed E-state index contributed by atoms with van der Waals surface area (Å²) in [5, 5.41) is 9.02. The highest BCUT2D eigenvalue weighted by Crippen LogP contribution is 2.30. The van der Waals surface area contributed by atoms with Gasteiger partial charge in [-0.2, -0.15) is 0 Å². The summed E-state index contributed by atoms with van der Waals surface area (Å²) < 4.78 is 0. The normalized spacial score (nSPS) is 26.7. The average Bonchev–Trinajstić information content (AvgIpc) is 2.99. The van der Waals surface area contributed by atoms with Gasteiger partial charge in [-0.15, -0.1) is 0 Å². The number of hydrogen-bond acceptors (Lipinski definition) is 6. The van der Waals surface area contributed by atoms with Gasteiger partial charge < -0.3 is 10.6 Å². The minimum absolute atomic E-state index is 0.119. The maximum Gasteiger partial charge on any atom is 0.262 e. The number of imide groups is 2. The van der Waals surface area contributed by atoms with Crippen molar-refractivity contribution in [2.24, 2.45) is 5.92 Å². The van der Waals surface area contributed by atoms with Gasteiger partial charge in [0, 0.05) is 19.0 Å². The topological polar surface area (TPSA) is 108 Å². The van der Waals surface area contributed by atoms with E-state index in [0.717, 1.165) is 35.8 Å². The van der Waals surface area contributed by atoms with Crippen molar-refractivity contribution < 1.29 is 19.2 Å². The van der Waals surface area contributed by atoms with Crippen LogP contribution in [0, 0.1) is 5.92 Å². The van der Waals surface area contributed by atoms with Gasteiger partial charge in [-0.25, -0.2) is 0 Å². The van der Waals surface area contributed by atoms with Crippen LogP contribution >= 0.6 is 0 Å². The van der Waals surface area contributed by atoms with Crippen LogP contribution in [0.5, 0.6) is 0 Å². The number of hydrogen-bond donors (Lipinski definition) is 3. The van der Waals surface area contributed by atoms with Gasteiger partial charge >= 0.3 is 0 Å². The highest BCUT2D eigenvalue weighted by molar-refractivity contribution is 6.24. The molecule has 4 rings (SSSR count). The number of carbonyl (C=O) groups is 4. The van der Waals surface area contributed by atoms with Crippen molar-refractivity contribution in [2.75, 3.05) is 13.6 Å². The van der Waals surface area contributed by atoms with Crippen molar-refractivity contribution in [2.45, 2.75) is 57.2 Å². The Kier molecular flexibility index (Phi) is 5.97. The molecule has 0 spiro atoms. The number of rotatable bonds is 6. The third-order valence-corrected chi connectivity index (χ3v) is 6.48. The molecule has 8 nitrogen and oxygen atoms in total. The van der Waals surface area contributed by atoms with Crippen molar-refractivity contribution in [3.8, 4) is 0 Å². The first-order valence-electron chi connectivity index (χ1n) is 10.7. The molecule has 1 saturated heterocycles. The predicted molar refractivity (Wildman–Crippen MR) is 110 cm³/mol. The fraction of sp³-hybridized carbons (Fsp3) is 0.545. The van der Waals surface area contributed by atoms with Crippen LogP contribution in [0.3, 0.4) is 0 Å². The zero-order chi connectivity index (χ0) is 21.3. The number of fused-ring (bicyclic) bond motifs is 1. The van der Waals surface area contributed by atoms with Crippen LogP contribution in [0.2, 0.25) is 0 Å². The molecule has 4 amide bonds. The zero-order valence-corrected chi connectivity index (χ0v) is 17.2. The van der Waals surface area contributed by atoms with Crippen molar-refractivity contribution >= 4 is 23.6 Å². The molecule has 0 aromatic heterocycles. The van der Waals surface area contributed by atoms with Crippen molar-refractivity contribution in [3.63, 3.8) is 0 Å². The monoisotopic (exact) mass is 412 g/mol. The van der Waals surface area contributed by atoms with Crippen LogP contribution in [0.4, 0.5) is 0 Å². The van der Waals surface area contributed by atoms with Crippen molar-refractivity contribution in [1.82, 2.24) is 20.9 Å². The summed E-state index contributed by atoms with van der Waals surface area (Å²) in [6.45, 7) is 1.55. The van der Waals surface area contributed by atoms with E-state index >= 15 is 0 Å². The van der Waals surface area contributed by atoms with Crippen LogP contribution in [0.1, 0.15) is 64.8 Å². The number of piperidine rings is 1. The number of carbonyl (C=O) groups excluding carboxylic acids is 4. The molecule has 1 aliphatic carbocycles. The third-order valence-electron chi connectivity index (χ3n) is 6.48. The fourth-order valence-corrected chi connectivity index (χ4v) is 4.85. The second-order valence-corrected chi connectivity index (χ2v) is 8.44. The molecule has 8 heteroatoms. The van der Waals surface area contributed by atoms with Gasteiger partial charge in [0.2, 0.25) is 11.8 Å². The standard InChI is InChI=1S/C22H28N4O4/c1-23-11-13-5-7-15(8-6-13)24-12-14-3-2-4-16-19(14)22(30)26(21(16)29)17-9-10-18(27)25-20(17)28/h2-4,13,15,17,23-24H,5-12H2,1H3,(H,25,27,28). The Morgan fingerprint density at radius 3 is 2.50 bits per heavy atom. The number of nitrogens with one attached hydrogen (secondary N) is 3. The van der Waals surface area contributed by atoms with Crippen LogP contribution in [0.25, 0.3) is 0 Å². The maximum atomic E-state index is 13.1. The SMILES string of the molecule is CNCC1CCC(NCc2cccc3c2C(=O)N(C2CCC(=O)NC2=O)C3=O)CC1. The lowest BCUT2D eigenvalue weighted by Crippen LogP contribution is -2.54. The number of benzene rings is 1. The van der Waals surface area contributed by atoms with Crippen molar-refractivity contribution in [1.29, 1.82) is 0 Å². The summed E-state index contributed by atoms with van der Waals surface area (Å²) in [6, 6.07) is 4.73. The Morgan fingerprint density at radius 2 is 1.80 bits per heavy atom. The fourth-order valence-electron chi connectivity index (χ4n) is 4.85. The summed E-state index contributed by atoms with van der Waals surface area (Å²) in [4.78, 5) is 50.7. The molecule has 2 fully saturated rings. The van der Waals surface area contributed by atoms with Crippen LogP contribution in [-0.2, 0) is 16.1 Å². The Morgan fingerprint density at radius 1 is 1.03 bits per heavy atom. The molecule has 0 bridgehead atoms. The van der Waals surface area contributed by atoms with Crippen LogP contribution in [-0.4, -0.2) is 54.2 Å². The first-order valence-corrected chi connectivity index (χ1v) is 10.7. The van der Waals surface area contributed by atoms with E-state index in [9.17, 15) is 19.2 Å². The molecule has 0 radical (unpaired) electrons. The molecular formula is C22H28N4O4. The summed E-state index contributed by atoms with van der Waals surface area (Å²) in [6.07, 6.45) is 4.82. The highest BCUT2D eigenvalue weighted by atomic mass is 16.2. The Labute approximate surface area is 175 Å². The molecule has 2 aliphatic heterocycles. The van der Waals surface area contributed by atoms with Gasteiger partial charge in [0.05, 0.1) is 11.1 Å². The minimum Gasteiger partial charge on any atom is -0.319 e. The lowest BCUT2D eigenvalue weighted by molar-refractivity contribution is -0.136. The van der Waals surface area contributed by atoms with E-state index in [-0.39, 0.29) is 18.7 Å². The number of amides is 4. The molecule has 3 N–H and O–H groups in total. The molecule has 1 atom stereocenters. The van der Waals surface area contributed by atoms with E-state index in [4.69, 9.17) is 0 Å². The van der Waals surface area contributed by atoms with Gasteiger partial charge in [0.25, 0.3) is 11.8 Å². The first kappa shape index (κ1) is 20.7. The van der Waals surface area contributed by atoms with Gasteiger partial charge in [-0.3, -0.25) is 29.4 Å². The van der Waals surface area contributed by atoms with Gasteiger partial charge in [-0.1, -0.05) is 12.1 Å². The summed E-state index contributed by atoms with van der Waals surface area (Å²) in [5.74, 6) is -1.14.